The Labute approximate surface area is 168 Å². The summed E-state index contributed by atoms with van der Waals surface area (Å²) in [6.45, 7) is 5.95. The molecule has 4 fully saturated rings. The van der Waals surface area contributed by atoms with E-state index in [2.05, 4.69) is 16.6 Å². The van der Waals surface area contributed by atoms with Gasteiger partial charge in [-0.25, -0.2) is 13.1 Å². The van der Waals surface area contributed by atoms with Gasteiger partial charge in [0.2, 0.25) is 10.0 Å². The van der Waals surface area contributed by atoms with Gasteiger partial charge in [0.25, 0.3) is 5.91 Å². The molecule has 1 aromatic rings. The summed E-state index contributed by atoms with van der Waals surface area (Å²) in [5.74, 6) is 2.02. The molecule has 0 heterocycles. The Kier molecular flexibility index (Phi) is 5.12. The minimum Gasteiger partial charge on any atom is -0.349 e. The summed E-state index contributed by atoms with van der Waals surface area (Å²) >= 11 is 0. The molecule has 5 nitrogen and oxygen atoms in total. The van der Waals surface area contributed by atoms with Crippen molar-refractivity contribution >= 4 is 15.9 Å². The maximum absolute atomic E-state index is 13.1. The maximum atomic E-state index is 13.1. The van der Waals surface area contributed by atoms with Gasteiger partial charge < -0.3 is 5.32 Å². The molecular formula is C22H30N2O3S. The summed E-state index contributed by atoms with van der Waals surface area (Å²) in [5, 5.41) is 2.68. The minimum absolute atomic E-state index is 0.0934. The van der Waals surface area contributed by atoms with E-state index in [0.717, 1.165) is 37.0 Å². The van der Waals surface area contributed by atoms with Crippen LogP contribution < -0.4 is 10.0 Å². The molecule has 0 aromatic heterocycles. The Morgan fingerprint density at radius 3 is 2.39 bits per heavy atom. The molecule has 5 rings (SSSR count). The third-order valence-electron chi connectivity index (χ3n) is 7.15. The van der Waals surface area contributed by atoms with Crippen molar-refractivity contribution in [2.24, 2.45) is 23.2 Å². The fraction of sp³-hybridized carbons (Fsp3) is 0.591. The first kappa shape index (κ1) is 19.6. The van der Waals surface area contributed by atoms with Gasteiger partial charge in [0, 0.05) is 18.2 Å². The number of nitrogens with one attached hydrogen (secondary N) is 2. The summed E-state index contributed by atoms with van der Waals surface area (Å²) in [4.78, 5) is 12.3. The fourth-order valence-corrected chi connectivity index (χ4v) is 7.60. The normalized spacial score (nSPS) is 32.1. The average molecular weight is 403 g/mol. The van der Waals surface area contributed by atoms with Crippen molar-refractivity contribution in [3.05, 3.63) is 42.5 Å². The van der Waals surface area contributed by atoms with Gasteiger partial charge in [-0.15, -0.1) is 6.58 Å². The predicted molar refractivity (Wildman–Crippen MR) is 109 cm³/mol. The van der Waals surface area contributed by atoms with Crippen LogP contribution in [0.3, 0.4) is 0 Å². The second-order valence-electron chi connectivity index (χ2n) is 9.15. The van der Waals surface area contributed by atoms with E-state index in [9.17, 15) is 13.2 Å². The molecule has 2 N–H and O–H groups in total. The number of hydrogen-bond acceptors (Lipinski definition) is 3. The van der Waals surface area contributed by atoms with Gasteiger partial charge in [0.1, 0.15) is 0 Å². The number of carbonyl (C=O) groups excluding carboxylic acids is 1. The Balaban J connectivity index is 1.51. The van der Waals surface area contributed by atoms with Gasteiger partial charge in [-0.05, 0) is 86.8 Å². The molecular weight excluding hydrogens is 372 g/mol. The van der Waals surface area contributed by atoms with E-state index in [4.69, 9.17) is 0 Å². The molecule has 1 unspecified atom stereocenters. The Morgan fingerprint density at radius 2 is 1.82 bits per heavy atom. The summed E-state index contributed by atoms with van der Waals surface area (Å²) in [5.41, 5.74) is 0.438. The quantitative estimate of drug-likeness (QED) is 0.686. The second-order valence-corrected chi connectivity index (χ2v) is 10.9. The highest BCUT2D eigenvalue weighted by Gasteiger charge is 2.53. The Morgan fingerprint density at radius 1 is 1.21 bits per heavy atom. The molecule has 28 heavy (non-hydrogen) atoms. The zero-order valence-electron chi connectivity index (χ0n) is 16.5. The van der Waals surface area contributed by atoms with Gasteiger partial charge in [-0.3, -0.25) is 4.79 Å². The van der Waals surface area contributed by atoms with Crippen LogP contribution in [0.25, 0.3) is 0 Å². The first-order valence-corrected chi connectivity index (χ1v) is 11.8. The SMILES string of the molecule is C=CCNC(=O)c1cccc(S(=O)(=O)NC(C)C23CC4CC(CC(C4)C2)C3)c1. The molecule has 1 amide bonds. The van der Waals surface area contributed by atoms with Crippen LogP contribution in [0.1, 0.15) is 55.8 Å². The fourth-order valence-electron chi connectivity index (χ4n) is 6.21. The van der Waals surface area contributed by atoms with Crippen LogP contribution in [0.2, 0.25) is 0 Å². The number of carbonyl (C=O) groups is 1. The number of sulfonamides is 1. The van der Waals surface area contributed by atoms with Crippen molar-refractivity contribution in [2.45, 2.75) is 56.4 Å². The van der Waals surface area contributed by atoms with Gasteiger partial charge in [0.15, 0.2) is 0 Å². The Hall–Kier alpha value is -1.66. The van der Waals surface area contributed by atoms with E-state index in [0.29, 0.717) is 12.1 Å². The summed E-state index contributed by atoms with van der Waals surface area (Å²) in [7, 11) is -3.68. The minimum atomic E-state index is -3.68. The van der Waals surface area contributed by atoms with Crippen LogP contribution in [0.15, 0.2) is 41.8 Å². The van der Waals surface area contributed by atoms with Crippen molar-refractivity contribution in [3.8, 4) is 0 Å². The highest BCUT2D eigenvalue weighted by Crippen LogP contribution is 2.61. The van der Waals surface area contributed by atoms with Crippen LogP contribution in [0, 0.1) is 23.2 Å². The van der Waals surface area contributed by atoms with Gasteiger partial charge >= 0.3 is 0 Å². The molecule has 0 radical (unpaired) electrons. The van der Waals surface area contributed by atoms with Crippen LogP contribution in [0.5, 0.6) is 0 Å². The van der Waals surface area contributed by atoms with E-state index in [1.54, 1.807) is 24.3 Å². The van der Waals surface area contributed by atoms with E-state index < -0.39 is 10.0 Å². The number of benzene rings is 1. The zero-order valence-corrected chi connectivity index (χ0v) is 17.3. The molecule has 4 bridgehead atoms. The molecule has 6 heteroatoms. The zero-order chi connectivity index (χ0) is 19.9. The standard InChI is InChI=1S/C22H30N2O3S/c1-3-7-23-21(25)19-5-4-6-20(11-19)28(26,27)24-15(2)22-12-16-8-17(13-22)10-18(9-16)14-22/h3-6,11,15-18,24H,1,7-10,12-14H2,2H3,(H,23,25). The number of amides is 1. The van der Waals surface area contributed by atoms with Crippen molar-refractivity contribution < 1.29 is 13.2 Å². The van der Waals surface area contributed by atoms with Gasteiger partial charge in [-0.1, -0.05) is 12.1 Å². The van der Waals surface area contributed by atoms with Gasteiger partial charge in [0.05, 0.1) is 4.90 Å². The molecule has 4 saturated carbocycles. The Bertz CT molecular complexity index is 842. The molecule has 0 saturated heterocycles. The molecule has 1 atom stereocenters. The molecule has 4 aliphatic rings. The third kappa shape index (κ3) is 3.64. The van der Waals surface area contributed by atoms with E-state index in [-0.39, 0.29) is 22.3 Å². The second kappa shape index (κ2) is 7.30. The van der Waals surface area contributed by atoms with Crippen molar-refractivity contribution in [1.82, 2.24) is 10.0 Å². The monoisotopic (exact) mass is 402 g/mol. The first-order chi connectivity index (χ1) is 13.3. The van der Waals surface area contributed by atoms with Crippen LogP contribution >= 0.6 is 0 Å². The van der Waals surface area contributed by atoms with E-state index >= 15 is 0 Å². The molecule has 4 aliphatic carbocycles. The van der Waals surface area contributed by atoms with Crippen LogP contribution in [0.4, 0.5) is 0 Å². The van der Waals surface area contributed by atoms with Crippen LogP contribution in [-0.4, -0.2) is 26.9 Å². The van der Waals surface area contributed by atoms with Crippen LogP contribution in [-0.2, 0) is 10.0 Å². The first-order valence-electron chi connectivity index (χ1n) is 10.3. The molecule has 152 valence electrons. The van der Waals surface area contributed by atoms with Gasteiger partial charge in [-0.2, -0.15) is 0 Å². The molecule has 1 aromatic carbocycles. The smallest absolute Gasteiger partial charge is 0.251 e. The lowest BCUT2D eigenvalue weighted by Gasteiger charge is -2.59. The highest BCUT2D eigenvalue weighted by molar-refractivity contribution is 7.89. The summed E-state index contributed by atoms with van der Waals surface area (Å²) < 4.78 is 29.1. The van der Waals surface area contributed by atoms with Crippen molar-refractivity contribution in [2.75, 3.05) is 6.54 Å². The lowest BCUT2D eigenvalue weighted by molar-refractivity contribution is -0.0666. The van der Waals surface area contributed by atoms with E-state index in [1.165, 1.54) is 25.3 Å². The summed E-state index contributed by atoms with van der Waals surface area (Å²) in [6.07, 6.45) is 9.03. The number of hydrogen-bond donors (Lipinski definition) is 2. The topological polar surface area (TPSA) is 75.3 Å². The summed E-state index contributed by atoms with van der Waals surface area (Å²) in [6, 6.07) is 6.16. The third-order valence-corrected chi connectivity index (χ3v) is 8.69. The predicted octanol–water partition coefficient (Wildman–Crippen LogP) is 3.49. The number of rotatable bonds is 7. The average Bonchev–Trinajstić information content (AvgIpc) is 2.65. The highest BCUT2D eigenvalue weighted by atomic mass is 32.2. The largest absolute Gasteiger partial charge is 0.349 e. The molecule has 0 spiro atoms. The maximum Gasteiger partial charge on any atom is 0.251 e. The molecule has 0 aliphatic heterocycles. The lowest BCUT2D eigenvalue weighted by Crippen LogP contribution is -2.55. The van der Waals surface area contributed by atoms with Crippen molar-refractivity contribution in [3.63, 3.8) is 0 Å². The lowest BCUT2D eigenvalue weighted by atomic mass is 9.48. The van der Waals surface area contributed by atoms with E-state index in [1.807, 2.05) is 6.92 Å². The van der Waals surface area contributed by atoms with Crippen molar-refractivity contribution in [1.29, 1.82) is 0 Å².